The molecule has 1 aliphatic carbocycles. The summed E-state index contributed by atoms with van der Waals surface area (Å²) in [6.45, 7) is 0.418. The van der Waals surface area contributed by atoms with E-state index in [1.165, 1.54) is 18.0 Å². The molecule has 0 aromatic heterocycles. The fourth-order valence-electron chi connectivity index (χ4n) is 2.47. The Morgan fingerprint density at radius 1 is 1.43 bits per heavy atom. The number of nitrogens with zero attached hydrogens (tertiary/aromatic N) is 1. The topological polar surface area (TPSA) is 66.6 Å². The number of hydrogen-bond acceptors (Lipinski definition) is 3. The van der Waals surface area contributed by atoms with Gasteiger partial charge in [-0.1, -0.05) is 0 Å². The first-order valence-electron chi connectivity index (χ1n) is 6.58. The van der Waals surface area contributed by atoms with Gasteiger partial charge in [-0.25, -0.2) is 0 Å². The Labute approximate surface area is 120 Å². The fraction of sp³-hybridized carbons (Fsp3) is 0.500. The highest BCUT2D eigenvalue weighted by Gasteiger charge is 2.34. The molecule has 0 aliphatic heterocycles. The Morgan fingerprint density at radius 2 is 2.05 bits per heavy atom. The van der Waals surface area contributed by atoms with Crippen LogP contribution in [0.2, 0.25) is 0 Å². The van der Waals surface area contributed by atoms with Crippen molar-refractivity contribution >= 4 is 11.6 Å². The molecule has 0 radical (unpaired) electrons. The number of hydrogen-bond donors (Lipinski definition) is 2. The van der Waals surface area contributed by atoms with Crippen molar-refractivity contribution in [3.8, 4) is 0 Å². The van der Waals surface area contributed by atoms with Crippen molar-refractivity contribution in [1.29, 1.82) is 0 Å². The zero-order chi connectivity index (χ0) is 15.8. The van der Waals surface area contributed by atoms with E-state index in [-0.39, 0.29) is 17.6 Å². The first kappa shape index (κ1) is 15.6. The highest BCUT2D eigenvalue weighted by Crippen LogP contribution is 2.34. The van der Waals surface area contributed by atoms with Gasteiger partial charge in [0.1, 0.15) is 0 Å². The lowest BCUT2D eigenvalue weighted by atomic mass is 9.82. The smallest absolute Gasteiger partial charge is 0.398 e. The molecule has 0 saturated heterocycles. The van der Waals surface area contributed by atoms with E-state index in [0.717, 1.165) is 12.1 Å². The molecule has 1 aliphatic rings. The van der Waals surface area contributed by atoms with Crippen LogP contribution in [0.15, 0.2) is 18.2 Å². The van der Waals surface area contributed by atoms with Gasteiger partial charge in [0.15, 0.2) is 0 Å². The standard InChI is InChI=1S/C14H17F3N2O2/c1-19(7-8-4-10(20)5-8)13(21)9-2-3-12(18)11(6-9)14(15,16)17/h2-3,6,8,10,20H,4-5,7,18H2,1H3. The van der Waals surface area contributed by atoms with Crippen LogP contribution in [0.4, 0.5) is 18.9 Å². The summed E-state index contributed by atoms with van der Waals surface area (Å²) in [7, 11) is 1.54. The monoisotopic (exact) mass is 302 g/mol. The number of alkyl halides is 3. The third kappa shape index (κ3) is 3.47. The summed E-state index contributed by atoms with van der Waals surface area (Å²) in [5, 5.41) is 9.20. The first-order valence-corrected chi connectivity index (χ1v) is 6.58. The Bertz CT molecular complexity index is 540. The summed E-state index contributed by atoms with van der Waals surface area (Å²) in [5.74, 6) is -0.285. The summed E-state index contributed by atoms with van der Waals surface area (Å²) < 4.78 is 38.3. The van der Waals surface area contributed by atoms with Gasteiger partial charge in [-0.15, -0.1) is 0 Å². The number of nitrogens with two attached hydrogens (primary N) is 1. The second kappa shape index (κ2) is 5.55. The van der Waals surface area contributed by atoms with Gasteiger partial charge in [0.2, 0.25) is 0 Å². The molecule has 1 fully saturated rings. The van der Waals surface area contributed by atoms with Gasteiger partial charge in [-0.2, -0.15) is 13.2 Å². The van der Waals surface area contributed by atoms with Crippen molar-refractivity contribution in [3.05, 3.63) is 29.3 Å². The Hall–Kier alpha value is -1.76. The lowest BCUT2D eigenvalue weighted by molar-refractivity contribution is -0.136. The summed E-state index contributed by atoms with van der Waals surface area (Å²) in [6, 6.07) is 3.17. The van der Waals surface area contributed by atoms with Crippen molar-refractivity contribution < 1.29 is 23.1 Å². The molecule has 116 valence electrons. The Morgan fingerprint density at radius 3 is 2.57 bits per heavy atom. The number of rotatable bonds is 3. The van der Waals surface area contributed by atoms with Crippen LogP contribution >= 0.6 is 0 Å². The third-order valence-corrected chi connectivity index (χ3v) is 3.70. The quantitative estimate of drug-likeness (QED) is 0.841. The van der Waals surface area contributed by atoms with E-state index in [4.69, 9.17) is 5.73 Å². The summed E-state index contributed by atoms with van der Waals surface area (Å²) in [6.07, 6.45) is -3.68. The van der Waals surface area contributed by atoms with Crippen molar-refractivity contribution in [2.75, 3.05) is 19.3 Å². The average molecular weight is 302 g/mol. The summed E-state index contributed by atoms with van der Waals surface area (Å²) >= 11 is 0. The van der Waals surface area contributed by atoms with E-state index in [1.54, 1.807) is 0 Å². The van der Waals surface area contributed by atoms with Crippen molar-refractivity contribution in [2.24, 2.45) is 5.92 Å². The zero-order valence-electron chi connectivity index (χ0n) is 11.5. The Kier molecular flexibility index (Phi) is 4.13. The molecular formula is C14H17F3N2O2. The number of carbonyl (C=O) groups excluding carboxylic acids is 1. The van der Waals surface area contributed by atoms with Crippen LogP contribution in [0.3, 0.4) is 0 Å². The lowest BCUT2D eigenvalue weighted by Gasteiger charge is -2.34. The van der Waals surface area contributed by atoms with Crippen molar-refractivity contribution in [2.45, 2.75) is 25.1 Å². The number of benzene rings is 1. The Balaban J connectivity index is 2.12. The second-order valence-electron chi connectivity index (χ2n) is 5.48. The number of carbonyl (C=O) groups is 1. The number of aliphatic hydroxyl groups is 1. The van der Waals surface area contributed by atoms with Gasteiger partial charge in [0, 0.05) is 24.8 Å². The van der Waals surface area contributed by atoms with E-state index in [9.17, 15) is 23.1 Å². The normalized spacial score (nSPS) is 21.8. The average Bonchev–Trinajstić information content (AvgIpc) is 2.35. The van der Waals surface area contributed by atoms with Crippen LogP contribution < -0.4 is 5.73 Å². The molecule has 0 heterocycles. The van der Waals surface area contributed by atoms with E-state index < -0.39 is 23.3 Å². The maximum absolute atomic E-state index is 12.8. The maximum atomic E-state index is 12.8. The van der Waals surface area contributed by atoms with Gasteiger partial charge < -0.3 is 15.7 Å². The molecule has 1 aromatic carbocycles. The van der Waals surface area contributed by atoms with E-state index in [2.05, 4.69) is 0 Å². The van der Waals surface area contributed by atoms with Gasteiger partial charge in [-0.05, 0) is 37.0 Å². The molecule has 0 atom stereocenters. The molecular weight excluding hydrogens is 285 g/mol. The molecule has 0 unspecified atom stereocenters. The van der Waals surface area contributed by atoms with Gasteiger partial charge in [-0.3, -0.25) is 4.79 Å². The highest BCUT2D eigenvalue weighted by molar-refractivity contribution is 5.94. The number of anilines is 1. The van der Waals surface area contributed by atoms with E-state index >= 15 is 0 Å². The van der Waals surface area contributed by atoms with E-state index in [1.807, 2.05) is 0 Å². The number of aliphatic hydroxyl groups excluding tert-OH is 1. The van der Waals surface area contributed by atoms with Gasteiger partial charge in [0.05, 0.1) is 11.7 Å². The number of amides is 1. The largest absolute Gasteiger partial charge is 0.418 e. The minimum atomic E-state index is -4.59. The molecule has 1 aromatic rings. The molecule has 1 saturated carbocycles. The van der Waals surface area contributed by atoms with Crippen LogP contribution in [0.5, 0.6) is 0 Å². The SMILES string of the molecule is CN(CC1CC(O)C1)C(=O)c1ccc(N)c(C(F)(F)F)c1. The third-order valence-electron chi connectivity index (χ3n) is 3.70. The minimum absolute atomic E-state index is 0.0427. The number of halogens is 3. The first-order chi connectivity index (χ1) is 9.68. The van der Waals surface area contributed by atoms with Gasteiger partial charge in [0.25, 0.3) is 5.91 Å². The molecule has 7 heteroatoms. The predicted octanol–water partition coefficient (Wildman–Crippen LogP) is 2.13. The predicted molar refractivity (Wildman–Crippen MR) is 71.5 cm³/mol. The fourth-order valence-corrected chi connectivity index (χ4v) is 2.47. The van der Waals surface area contributed by atoms with Crippen molar-refractivity contribution in [1.82, 2.24) is 4.90 Å². The van der Waals surface area contributed by atoms with Crippen LogP contribution in [0.25, 0.3) is 0 Å². The minimum Gasteiger partial charge on any atom is -0.398 e. The molecule has 0 bridgehead atoms. The van der Waals surface area contributed by atoms with E-state index in [0.29, 0.717) is 19.4 Å². The van der Waals surface area contributed by atoms with Crippen LogP contribution in [-0.4, -0.2) is 35.6 Å². The number of nitrogen functional groups attached to an aromatic ring is 1. The maximum Gasteiger partial charge on any atom is 0.418 e. The van der Waals surface area contributed by atoms with Crippen LogP contribution in [-0.2, 0) is 6.18 Å². The molecule has 4 nitrogen and oxygen atoms in total. The van der Waals surface area contributed by atoms with Crippen molar-refractivity contribution in [3.63, 3.8) is 0 Å². The molecule has 0 spiro atoms. The highest BCUT2D eigenvalue weighted by atomic mass is 19.4. The molecule has 21 heavy (non-hydrogen) atoms. The summed E-state index contributed by atoms with van der Waals surface area (Å²) in [5.41, 5.74) is 3.86. The molecule has 2 rings (SSSR count). The zero-order valence-corrected chi connectivity index (χ0v) is 11.5. The van der Waals surface area contributed by atoms with Crippen LogP contribution in [0.1, 0.15) is 28.8 Å². The van der Waals surface area contributed by atoms with Gasteiger partial charge >= 0.3 is 6.18 Å². The molecule has 1 amide bonds. The van der Waals surface area contributed by atoms with Crippen LogP contribution in [0, 0.1) is 5.92 Å². The second-order valence-corrected chi connectivity index (χ2v) is 5.48. The lowest BCUT2D eigenvalue weighted by Crippen LogP contribution is -2.39. The molecule has 3 N–H and O–H groups in total. The summed E-state index contributed by atoms with van der Waals surface area (Å²) in [4.78, 5) is 13.5.